The third-order valence-corrected chi connectivity index (χ3v) is 6.84. The quantitative estimate of drug-likeness (QED) is 0.673. The molecule has 0 atom stereocenters. The van der Waals surface area contributed by atoms with Crippen LogP contribution in [0.2, 0.25) is 0 Å². The van der Waals surface area contributed by atoms with Gasteiger partial charge in [-0.3, -0.25) is 0 Å². The molecule has 3 rings (SSSR count). The molecule has 0 bridgehead atoms. The third-order valence-electron chi connectivity index (χ3n) is 4.32. The summed E-state index contributed by atoms with van der Waals surface area (Å²) in [4.78, 5) is 0.261. The van der Waals surface area contributed by atoms with Crippen molar-refractivity contribution in [3.05, 3.63) is 46.4 Å². The summed E-state index contributed by atoms with van der Waals surface area (Å²) in [5.74, 6) is 0.0270. The van der Waals surface area contributed by atoms with Crippen molar-refractivity contribution in [1.29, 1.82) is 0 Å². The fourth-order valence-electron chi connectivity index (χ4n) is 2.79. The number of rotatable bonds is 5. The van der Waals surface area contributed by atoms with Gasteiger partial charge in [-0.25, -0.2) is 8.42 Å². The number of benzene rings is 2. The van der Waals surface area contributed by atoms with E-state index in [0.29, 0.717) is 28.9 Å². The molecule has 0 aromatic heterocycles. The van der Waals surface area contributed by atoms with Crippen molar-refractivity contribution in [2.45, 2.75) is 31.1 Å². The Bertz CT molecular complexity index is 921. The monoisotopic (exact) mass is 437 g/mol. The van der Waals surface area contributed by atoms with Crippen molar-refractivity contribution in [3.63, 3.8) is 0 Å². The average Bonchev–Trinajstić information content (AvgIpc) is 3.18. The number of phenols is 1. The Kier molecular flexibility index (Phi) is 5.74. The molecule has 2 aromatic carbocycles. The molecule has 138 valence electrons. The molecule has 0 spiro atoms. The smallest absolute Gasteiger partial charge is 0.243 e. The number of aryl methyl sites for hydroxylation is 1. The van der Waals surface area contributed by atoms with Crippen LogP contribution in [-0.4, -0.2) is 30.9 Å². The van der Waals surface area contributed by atoms with Gasteiger partial charge in [-0.05, 0) is 77.2 Å². The van der Waals surface area contributed by atoms with Gasteiger partial charge in [-0.15, -0.1) is 5.11 Å². The van der Waals surface area contributed by atoms with Gasteiger partial charge in [0.15, 0.2) is 5.75 Å². The molecule has 0 saturated carbocycles. The van der Waals surface area contributed by atoms with Gasteiger partial charge in [0.25, 0.3) is 0 Å². The van der Waals surface area contributed by atoms with Crippen LogP contribution in [0.3, 0.4) is 0 Å². The first-order valence-electron chi connectivity index (χ1n) is 8.45. The van der Waals surface area contributed by atoms with Crippen LogP contribution in [0.15, 0.2) is 56.0 Å². The molecule has 6 nitrogen and oxygen atoms in total. The molecule has 2 aromatic rings. The molecule has 26 heavy (non-hydrogen) atoms. The van der Waals surface area contributed by atoms with Crippen molar-refractivity contribution in [2.75, 3.05) is 13.1 Å². The van der Waals surface area contributed by atoms with E-state index in [4.69, 9.17) is 0 Å². The lowest BCUT2D eigenvalue weighted by Gasteiger charge is -2.15. The molecule has 0 amide bonds. The van der Waals surface area contributed by atoms with Crippen molar-refractivity contribution >= 4 is 37.3 Å². The Hall–Kier alpha value is -1.77. The number of phenolic OH excluding ortho intramolecular Hbond substituents is 1. The van der Waals surface area contributed by atoms with Crippen molar-refractivity contribution in [1.82, 2.24) is 4.31 Å². The minimum absolute atomic E-state index is 0.0270. The van der Waals surface area contributed by atoms with Gasteiger partial charge in [0.2, 0.25) is 10.0 Å². The highest BCUT2D eigenvalue weighted by Crippen LogP contribution is 2.36. The van der Waals surface area contributed by atoms with Crippen LogP contribution in [0.4, 0.5) is 11.4 Å². The predicted octanol–water partition coefficient (Wildman–Crippen LogP) is 4.92. The Balaban J connectivity index is 1.82. The minimum atomic E-state index is -3.43. The van der Waals surface area contributed by atoms with Crippen LogP contribution in [0.1, 0.15) is 25.3 Å². The number of halogens is 1. The van der Waals surface area contributed by atoms with Crippen molar-refractivity contribution in [2.24, 2.45) is 10.2 Å². The average molecular weight is 438 g/mol. The van der Waals surface area contributed by atoms with Gasteiger partial charge in [0.1, 0.15) is 5.69 Å². The van der Waals surface area contributed by atoms with Gasteiger partial charge >= 0.3 is 0 Å². The Morgan fingerprint density at radius 2 is 1.77 bits per heavy atom. The van der Waals surface area contributed by atoms with E-state index in [1.54, 1.807) is 30.3 Å². The fraction of sp³-hybridized carbons (Fsp3) is 0.333. The van der Waals surface area contributed by atoms with E-state index in [0.717, 1.165) is 24.8 Å². The number of hydrogen-bond donors (Lipinski definition) is 1. The third kappa shape index (κ3) is 3.97. The number of sulfonamides is 1. The van der Waals surface area contributed by atoms with Crippen LogP contribution in [0.5, 0.6) is 5.75 Å². The largest absolute Gasteiger partial charge is 0.505 e. The Morgan fingerprint density at radius 3 is 2.38 bits per heavy atom. The van der Waals surface area contributed by atoms with E-state index >= 15 is 0 Å². The topological polar surface area (TPSA) is 82.3 Å². The zero-order chi connectivity index (χ0) is 18.7. The lowest BCUT2D eigenvalue weighted by molar-refractivity contribution is 0.472. The van der Waals surface area contributed by atoms with E-state index in [9.17, 15) is 13.5 Å². The fourth-order valence-corrected chi connectivity index (χ4v) is 4.81. The highest BCUT2D eigenvalue weighted by Gasteiger charge is 2.26. The summed E-state index contributed by atoms with van der Waals surface area (Å²) in [6.07, 6.45) is 2.62. The minimum Gasteiger partial charge on any atom is -0.505 e. The number of aromatic hydroxyl groups is 1. The maximum Gasteiger partial charge on any atom is 0.243 e. The normalized spacial score (nSPS) is 15.8. The van der Waals surface area contributed by atoms with Crippen LogP contribution < -0.4 is 0 Å². The molecule has 0 aliphatic carbocycles. The zero-order valence-electron chi connectivity index (χ0n) is 14.4. The van der Waals surface area contributed by atoms with Gasteiger partial charge in [0.05, 0.1) is 15.1 Å². The van der Waals surface area contributed by atoms with Gasteiger partial charge in [0, 0.05) is 13.1 Å². The molecule has 1 fully saturated rings. The molecule has 1 aliphatic rings. The second kappa shape index (κ2) is 7.85. The first kappa shape index (κ1) is 19.0. The lowest BCUT2D eigenvalue weighted by Crippen LogP contribution is -2.27. The van der Waals surface area contributed by atoms with Crippen LogP contribution in [-0.2, 0) is 16.4 Å². The molecule has 0 unspecified atom stereocenters. The SMILES string of the molecule is CCc1cc(Br)c(O)c(N=Nc2ccc(S(=O)(=O)N3CCCC3)cc2)c1. The summed E-state index contributed by atoms with van der Waals surface area (Å²) in [6, 6.07) is 9.92. The highest BCUT2D eigenvalue weighted by atomic mass is 79.9. The molecular formula is C18H20BrN3O3S. The van der Waals surface area contributed by atoms with Gasteiger partial charge in [-0.1, -0.05) is 6.92 Å². The Morgan fingerprint density at radius 1 is 1.12 bits per heavy atom. The van der Waals surface area contributed by atoms with E-state index in [-0.39, 0.29) is 10.6 Å². The number of nitrogens with zero attached hydrogens (tertiary/aromatic N) is 3. The summed E-state index contributed by atoms with van der Waals surface area (Å²) in [5, 5.41) is 18.3. The van der Waals surface area contributed by atoms with E-state index in [1.807, 2.05) is 13.0 Å². The standard InChI is InChI=1S/C18H20BrN3O3S/c1-2-13-11-16(19)18(23)17(12-13)21-20-14-5-7-15(8-6-14)26(24,25)22-9-3-4-10-22/h5-8,11-12,23H,2-4,9-10H2,1H3. The second-order valence-electron chi connectivity index (χ2n) is 6.10. The van der Waals surface area contributed by atoms with Crippen LogP contribution >= 0.6 is 15.9 Å². The van der Waals surface area contributed by atoms with Gasteiger partial charge < -0.3 is 5.11 Å². The highest BCUT2D eigenvalue weighted by molar-refractivity contribution is 9.10. The first-order valence-corrected chi connectivity index (χ1v) is 10.7. The molecule has 1 N–H and O–H groups in total. The summed E-state index contributed by atoms with van der Waals surface area (Å²) < 4.78 is 27.1. The van der Waals surface area contributed by atoms with Gasteiger partial charge in [-0.2, -0.15) is 9.42 Å². The summed E-state index contributed by atoms with van der Waals surface area (Å²) in [6.45, 7) is 3.16. The van der Waals surface area contributed by atoms with E-state index in [1.165, 1.54) is 4.31 Å². The van der Waals surface area contributed by atoms with Crippen molar-refractivity contribution < 1.29 is 13.5 Å². The van der Waals surface area contributed by atoms with Crippen LogP contribution in [0.25, 0.3) is 0 Å². The molecule has 8 heteroatoms. The molecule has 1 heterocycles. The maximum atomic E-state index is 12.5. The number of hydrogen-bond acceptors (Lipinski definition) is 5. The van der Waals surface area contributed by atoms with Crippen molar-refractivity contribution in [3.8, 4) is 5.75 Å². The predicted molar refractivity (Wildman–Crippen MR) is 104 cm³/mol. The maximum absolute atomic E-state index is 12.5. The molecule has 1 aliphatic heterocycles. The van der Waals surface area contributed by atoms with E-state index in [2.05, 4.69) is 26.2 Å². The molecular weight excluding hydrogens is 418 g/mol. The molecule has 0 radical (unpaired) electrons. The van der Waals surface area contributed by atoms with E-state index < -0.39 is 10.0 Å². The second-order valence-corrected chi connectivity index (χ2v) is 8.90. The first-order chi connectivity index (χ1) is 12.4. The summed E-state index contributed by atoms with van der Waals surface area (Å²) in [5.41, 5.74) is 1.91. The molecule has 1 saturated heterocycles. The lowest BCUT2D eigenvalue weighted by atomic mass is 10.1. The Labute approximate surface area is 161 Å². The summed E-state index contributed by atoms with van der Waals surface area (Å²) >= 11 is 3.30. The number of azo groups is 1. The zero-order valence-corrected chi connectivity index (χ0v) is 16.8. The van der Waals surface area contributed by atoms with Crippen LogP contribution in [0, 0.1) is 0 Å². The summed E-state index contributed by atoms with van der Waals surface area (Å²) in [7, 11) is -3.43.